The summed E-state index contributed by atoms with van der Waals surface area (Å²) in [7, 11) is -3.76. The SMILES string of the molecule is CC(C)OC[C@H]1CCCCCN1S(=O)(=O)c1ccc2c(Cl)cnc(N=C(N)N)c2c1. The van der Waals surface area contributed by atoms with Crippen molar-refractivity contribution in [2.45, 2.75) is 56.6 Å². The lowest BCUT2D eigenvalue weighted by Gasteiger charge is -2.29. The molecule has 0 amide bonds. The summed E-state index contributed by atoms with van der Waals surface area (Å²) in [6.45, 7) is 4.72. The largest absolute Gasteiger partial charge is 0.377 e. The van der Waals surface area contributed by atoms with Crippen molar-refractivity contribution >= 4 is 44.2 Å². The Hall–Kier alpha value is -1.94. The molecule has 1 atom stereocenters. The minimum Gasteiger partial charge on any atom is -0.377 e. The maximum atomic E-state index is 13.6. The number of fused-ring (bicyclic) bond motifs is 1. The quantitative estimate of drug-likeness (QED) is 0.511. The van der Waals surface area contributed by atoms with Gasteiger partial charge in [-0.2, -0.15) is 9.30 Å². The molecule has 0 unspecified atom stereocenters. The highest BCUT2D eigenvalue weighted by Crippen LogP contribution is 2.33. The van der Waals surface area contributed by atoms with Gasteiger partial charge in [0.1, 0.15) is 0 Å². The van der Waals surface area contributed by atoms with Crippen LogP contribution in [-0.2, 0) is 14.8 Å². The third kappa shape index (κ3) is 5.03. The molecule has 1 saturated heterocycles. The second-order valence-corrected chi connectivity index (χ2v) is 9.97. The molecule has 1 aliphatic heterocycles. The van der Waals surface area contributed by atoms with E-state index >= 15 is 0 Å². The van der Waals surface area contributed by atoms with Gasteiger partial charge in [0.05, 0.1) is 22.6 Å². The number of hydrogen-bond donors (Lipinski definition) is 2. The van der Waals surface area contributed by atoms with Crippen LogP contribution in [0.2, 0.25) is 5.02 Å². The molecule has 0 spiro atoms. The minimum atomic E-state index is -3.76. The first kappa shape index (κ1) is 22.7. The van der Waals surface area contributed by atoms with Crippen LogP contribution in [0.4, 0.5) is 5.82 Å². The lowest BCUT2D eigenvalue weighted by molar-refractivity contribution is 0.0444. The molecule has 4 N–H and O–H groups in total. The van der Waals surface area contributed by atoms with E-state index in [0.717, 1.165) is 25.7 Å². The van der Waals surface area contributed by atoms with E-state index in [1.807, 2.05) is 13.8 Å². The van der Waals surface area contributed by atoms with Crippen LogP contribution in [0.25, 0.3) is 10.8 Å². The third-order valence-electron chi connectivity index (χ3n) is 5.08. The number of rotatable bonds is 6. The molecule has 1 aliphatic rings. The normalized spacial score (nSPS) is 18.5. The molecule has 10 heteroatoms. The summed E-state index contributed by atoms with van der Waals surface area (Å²) in [5.74, 6) is 0.0554. The van der Waals surface area contributed by atoms with Gasteiger partial charge in [0, 0.05) is 29.6 Å². The van der Waals surface area contributed by atoms with E-state index in [9.17, 15) is 8.42 Å². The predicted octanol–water partition coefficient (Wildman–Crippen LogP) is 3.15. The molecule has 1 aromatic heterocycles. The number of benzene rings is 1. The van der Waals surface area contributed by atoms with E-state index < -0.39 is 10.0 Å². The highest BCUT2D eigenvalue weighted by Gasteiger charge is 2.33. The Morgan fingerprint density at radius 2 is 2.07 bits per heavy atom. The minimum absolute atomic E-state index is 0.0360. The fourth-order valence-corrected chi connectivity index (χ4v) is 5.54. The Labute approximate surface area is 182 Å². The van der Waals surface area contributed by atoms with Gasteiger partial charge in [0.25, 0.3) is 0 Å². The highest BCUT2D eigenvalue weighted by molar-refractivity contribution is 7.89. The first-order valence-corrected chi connectivity index (χ1v) is 11.8. The molecule has 1 fully saturated rings. The Kier molecular flexibility index (Phi) is 7.18. The predicted molar refractivity (Wildman–Crippen MR) is 119 cm³/mol. The van der Waals surface area contributed by atoms with Crippen molar-refractivity contribution in [3.05, 3.63) is 29.4 Å². The van der Waals surface area contributed by atoms with E-state index in [2.05, 4.69) is 9.98 Å². The lowest BCUT2D eigenvalue weighted by atomic mass is 10.1. The standard InChI is InChI=1S/C20H28ClN5O3S/c1-13(2)29-12-14-6-4-3-5-9-26(14)30(27,28)15-7-8-16-17(10-15)19(25-20(22)23)24-11-18(16)21/h7-8,10-11,13-14H,3-6,9,12H2,1-2H3,(H4,22,23,24,25)/t14-/m1/s1. The van der Waals surface area contributed by atoms with Crippen molar-refractivity contribution in [2.75, 3.05) is 13.2 Å². The molecule has 164 valence electrons. The van der Waals surface area contributed by atoms with Gasteiger partial charge in [-0.05, 0) is 38.8 Å². The first-order valence-electron chi connectivity index (χ1n) is 10.0. The molecule has 0 aliphatic carbocycles. The highest BCUT2D eigenvalue weighted by atomic mass is 35.5. The molecule has 1 aromatic carbocycles. The number of sulfonamides is 1. The van der Waals surface area contributed by atoms with Crippen LogP contribution in [-0.4, -0.2) is 49.0 Å². The zero-order valence-electron chi connectivity index (χ0n) is 17.2. The van der Waals surface area contributed by atoms with Crippen LogP contribution in [0.1, 0.15) is 39.5 Å². The summed E-state index contributed by atoms with van der Waals surface area (Å²) in [5.41, 5.74) is 11.0. The summed E-state index contributed by atoms with van der Waals surface area (Å²) >= 11 is 6.25. The van der Waals surface area contributed by atoms with Gasteiger partial charge in [-0.3, -0.25) is 0 Å². The van der Waals surface area contributed by atoms with Crippen molar-refractivity contribution in [1.29, 1.82) is 0 Å². The van der Waals surface area contributed by atoms with Crippen LogP contribution < -0.4 is 11.5 Å². The number of halogens is 1. The monoisotopic (exact) mass is 453 g/mol. The number of aliphatic imine (C=N–C) groups is 1. The average molecular weight is 454 g/mol. The van der Waals surface area contributed by atoms with Gasteiger partial charge in [0.15, 0.2) is 11.8 Å². The summed E-state index contributed by atoms with van der Waals surface area (Å²) in [6, 6.07) is 4.56. The Bertz CT molecular complexity index is 1040. The van der Waals surface area contributed by atoms with Gasteiger partial charge in [-0.15, -0.1) is 0 Å². The van der Waals surface area contributed by atoms with Crippen LogP contribution in [0.5, 0.6) is 0 Å². The number of ether oxygens (including phenoxy) is 1. The Morgan fingerprint density at radius 3 is 2.77 bits per heavy atom. The van der Waals surface area contributed by atoms with E-state index in [0.29, 0.717) is 28.9 Å². The first-order chi connectivity index (χ1) is 14.2. The molecular formula is C20H28ClN5O3S. The summed E-state index contributed by atoms with van der Waals surface area (Å²) in [6.07, 6.45) is 5.03. The number of aromatic nitrogens is 1. The second-order valence-electron chi connectivity index (χ2n) is 7.67. The second kappa shape index (κ2) is 9.47. The van der Waals surface area contributed by atoms with Gasteiger partial charge < -0.3 is 16.2 Å². The van der Waals surface area contributed by atoms with Crippen LogP contribution >= 0.6 is 11.6 Å². The Morgan fingerprint density at radius 1 is 1.30 bits per heavy atom. The third-order valence-corrected chi connectivity index (χ3v) is 7.33. The average Bonchev–Trinajstić information content (AvgIpc) is 2.94. The molecule has 2 aromatic rings. The summed E-state index contributed by atoms with van der Waals surface area (Å²) < 4.78 is 34.5. The number of nitrogens with two attached hydrogens (primary N) is 2. The summed E-state index contributed by atoms with van der Waals surface area (Å²) in [5, 5.41) is 1.49. The Balaban J connectivity index is 2.06. The number of hydrogen-bond acceptors (Lipinski definition) is 5. The number of nitrogens with zero attached hydrogens (tertiary/aromatic N) is 3. The van der Waals surface area contributed by atoms with Crippen LogP contribution in [0.3, 0.4) is 0 Å². The van der Waals surface area contributed by atoms with Crippen molar-refractivity contribution in [1.82, 2.24) is 9.29 Å². The molecule has 2 heterocycles. The van der Waals surface area contributed by atoms with Gasteiger partial charge in [-0.25, -0.2) is 13.4 Å². The van der Waals surface area contributed by atoms with E-state index in [1.54, 1.807) is 16.4 Å². The fourth-order valence-electron chi connectivity index (χ4n) is 3.62. The molecule has 8 nitrogen and oxygen atoms in total. The van der Waals surface area contributed by atoms with Crippen molar-refractivity contribution in [2.24, 2.45) is 16.5 Å². The van der Waals surface area contributed by atoms with Crippen molar-refractivity contribution in [3.63, 3.8) is 0 Å². The molecule has 0 bridgehead atoms. The van der Waals surface area contributed by atoms with E-state index in [4.69, 9.17) is 27.8 Å². The molecular weight excluding hydrogens is 426 g/mol. The topological polar surface area (TPSA) is 124 Å². The molecule has 0 radical (unpaired) electrons. The van der Waals surface area contributed by atoms with Crippen LogP contribution in [0.15, 0.2) is 34.3 Å². The van der Waals surface area contributed by atoms with Gasteiger partial charge in [0.2, 0.25) is 10.0 Å². The van der Waals surface area contributed by atoms with E-state index in [1.165, 1.54) is 12.3 Å². The van der Waals surface area contributed by atoms with Crippen molar-refractivity contribution in [3.8, 4) is 0 Å². The zero-order valence-corrected chi connectivity index (χ0v) is 18.8. The summed E-state index contributed by atoms with van der Waals surface area (Å²) in [4.78, 5) is 8.33. The maximum Gasteiger partial charge on any atom is 0.243 e. The molecule has 0 saturated carbocycles. The van der Waals surface area contributed by atoms with Gasteiger partial charge in [-0.1, -0.05) is 30.5 Å². The fraction of sp³-hybridized carbons (Fsp3) is 0.500. The molecule has 3 rings (SSSR count). The number of guanidine groups is 1. The van der Waals surface area contributed by atoms with Gasteiger partial charge >= 0.3 is 0 Å². The zero-order chi connectivity index (χ0) is 21.9. The maximum absolute atomic E-state index is 13.6. The lowest BCUT2D eigenvalue weighted by Crippen LogP contribution is -2.43. The van der Waals surface area contributed by atoms with E-state index in [-0.39, 0.29) is 28.8 Å². The van der Waals surface area contributed by atoms with Crippen molar-refractivity contribution < 1.29 is 13.2 Å². The number of pyridine rings is 1. The molecule has 30 heavy (non-hydrogen) atoms. The van der Waals surface area contributed by atoms with Crippen LogP contribution in [0, 0.1) is 0 Å². The smallest absolute Gasteiger partial charge is 0.243 e.